The van der Waals surface area contributed by atoms with E-state index in [1.54, 1.807) is 30.4 Å². The first kappa shape index (κ1) is 14.0. The Bertz CT molecular complexity index is 688. The molecule has 1 aromatic heterocycles. The summed E-state index contributed by atoms with van der Waals surface area (Å²) < 4.78 is 0. The van der Waals surface area contributed by atoms with Crippen LogP contribution in [0.15, 0.2) is 30.3 Å². The van der Waals surface area contributed by atoms with Crippen LogP contribution in [0, 0.1) is 0 Å². The lowest BCUT2D eigenvalue weighted by atomic mass is 9.94. The number of carbonyl (C=O) groups is 2. The third kappa shape index (κ3) is 2.76. The number of nitrogens with one attached hydrogen (secondary N) is 1. The SMILES string of the molecule is CC(=O)c1c(NC(=O)c2ccccc2)sc2c1CCCC2. The van der Waals surface area contributed by atoms with Gasteiger partial charge in [0.2, 0.25) is 0 Å². The van der Waals surface area contributed by atoms with Crippen LogP contribution in [0.1, 0.15) is 50.9 Å². The fraction of sp³-hybridized carbons (Fsp3) is 0.294. The predicted molar refractivity (Wildman–Crippen MR) is 85.4 cm³/mol. The van der Waals surface area contributed by atoms with E-state index in [4.69, 9.17) is 0 Å². The first-order valence-electron chi connectivity index (χ1n) is 7.18. The summed E-state index contributed by atoms with van der Waals surface area (Å²) in [4.78, 5) is 25.5. The second-order valence-corrected chi connectivity index (χ2v) is 6.40. The predicted octanol–water partition coefficient (Wildman–Crippen LogP) is 4.08. The third-order valence-corrected chi connectivity index (χ3v) is 4.99. The summed E-state index contributed by atoms with van der Waals surface area (Å²) in [6.07, 6.45) is 4.25. The number of amides is 1. The molecule has 3 rings (SSSR count). The van der Waals surface area contributed by atoms with E-state index in [1.165, 1.54) is 4.88 Å². The number of ketones is 1. The van der Waals surface area contributed by atoms with Gasteiger partial charge in [-0.1, -0.05) is 18.2 Å². The average molecular weight is 299 g/mol. The Morgan fingerprint density at radius 1 is 1.10 bits per heavy atom. The molecule has 0 radical (unpaired) electrons. The van der Waals surface area contributed by atoms with E-state index in [1.807, 2.05) is 18.2 Å². The van der Waals surface area contributed by atoms with E-state index < -0.39 is 0 Å². The largest absolute Gasteiger partial charge is 0.313 e. The summed E-state index contributed by atoms with van der Waals surface area (Å²) in [6.45, 7) is 1.58. The van der Waals surface area contributed by atoms with Crippen molar-refractivity contribution in [1.82, 2.24) is 0 Å². The standard InChI is InChI=1S/C17H17NO2S/c1-11(19)15-13-9-5-6-10-14(13)21-17(15)18-16(20)12-7-3-2-4-8-12/h2-4,7-8H,5-6,9-10H2,1H3,(H,18,20). The van der Waals surface area contributed by atoms with Crippen LogP contribution in [0.3, 0.4) is 0 Å². The highest BCUT2D eigenvalue weighted by Gasteiger charge is 2.24. The molecule has 0 aliphatic heterocycles. The highest BCUT2D eigenvalue weighted by atomic mass is 32.1. The Balaban J connectivity index is 1.94. The lowest BCUT2D eigenvalue weighted by Crippen LogP contribution is -2.13. The van der Waals surface area contributed by atoms with Crippen molar-refractivity contribution in [3.05, 3.63) is 51.9 Å². The molecule has 0 saturated carbocycles. The van der Waals surface area contributed by atoms with Crippen molar-refractivity contribution in [3.63, 3.8) is 0 Å². The van der Waals surface area contributed by atoms with Crippen molar-refractivity contribution in [2.75, 3.05) is 5.32 Å². The van der Waals surface area contributed by atoms with E-state index in [0.717, 1.165) is 36.8 Å². The van der Waals surface area contributed by atoms with Gasteiger partial charge in [-0.25, -0.2) is 0 Å². The summed E-state index contributed by atoms with van der Waals surface area (Å²) in [5.41, 5.74) is 2.49. The fourth-order valence-corrected chi connectivity index (χ4v) is 4.12. The molecular weight excluding hydrogens is 282 g/mol. The molecule has 108 valence electrons. The Morgan fingerprint density at radius 3 is 2.52 bits per heavy atom. The van der Waals surface area contributed by atoms with E-state index in [9.17, 15) is 9.59 Å². The molecule has 1 heterocycles. The van der Waals surface area contributed by atoms with Gasteiger partial charge in [-0.05, 0) is 50.3 Å². The van der Waals surface area contributed by atoms with Gasteiger partial charge >= 0.3 is 0 Å². The summed E-state index contributed by atoms with van der Waals surface area (Å²) in [7, 11) is 0. The number of Topliss-reactive ketones (excluding diaryl/α,β-unsaturated/α-hetero) is 1. The highest BCUT2D eigenvalue weighted by Crippen LogP contribution is 2.38. The van der Waals surface area contributed by atoms with Crippen molar-refractivity contribution < 1.29 is 9.59 Å². The molecule has 0 unspecified atom stereocenters. The number of hydrogen-bond acceptors (Lipinski definition) is 3. The van der Waals surface area contributed by atoms with E-state index in [0.29, 0.717) is 10.6 Å². The van der Waals surface area contributed by atoms with E-state index >= 15 is 0 Å². The maximum absolute atomic E-state index is 12.3. The van der Waals surface area contributed by atoms with E-state index in [-0.39, 0.29) is 11.7 Å². The lowest BCUT2D eigenvalue weighted by molar-refractivity contribution is 0.101. The van der Waals surface area contributed by atoms with Gasteiger partial charge in [-0.2, -0.15) is 0 Å². The normalized spacial score (nSPS) is 13.6. The molecule has 4 heteroatoms. The molecule has 0 fully saturated rings. The maximum atomic E-state index is 12.3. The van der Waals surface area contributed by atoms with Crippen LogP contribution < -0.4 is 5.32 Å². The lowest BCUT2D eigenvalue weighted by Gasteiger charge is -2.11. The number of benzene rings is 1. The molecule has 1 aromatic carbocycles. The molecule has 0 spiro atoms. The second-order valence-electron chi connectivity index (χ2n) is 5.29. The molecule has 1 N–H and O–H groups in total. The molecule has 3 nitrogen and oxygen atoms in total. The van der Waals surface area contributed by atoms with Gasteiger partial charge in [0.1, 0.15) is 5.00 Å². The number of aryl methyl sites for hydroxylation is 1. The van der Waals surface area contributed by atoms with Crippen molar-refractivity contribution in [3.8, 4) is 0 Å². The van der Waals surface area contributed by atoms with Crippen molar-refractivity contribution in [2.45, 2.75) is 32.6 Å². The van der Waals surface area contributed by atoms with Crippen molar-refractivity contribution in [1.29, 1.82) is 0 Å². The fourth-order valence-electron chi connectivity index (χ4n) is 2.79. The zero-order chi connectivity index (χ0) is 14.8. The van der Waals surface area contributed by atoms with Gasteiger partial charge < -0.3 is 5.32 Å². The quantitative estimate of drug-likeness (QED) is 0.868. The monoisotopic (exact) mass is 299 g/mol. The van der Waals surface area contributed by atoms with E-state index in [2.05, 4.69) is 5.32 Å². The number of thiophene rings is 1. The zero-order valence-electron chi connectivity index (χ0n) is 11.9. The average Bonchev–Trinajstić information content (AvgIpc) is 2.86. The number of rotatable bonds is 3. The molecule has 1 aliphatic rings. The Labute approximate surface area is 128 Å². The van der Waals surface area contributed by atoms with Crippen LogP contribution in [0.5, 0.6) is 0 Å². The molecule has 1 aliphatic carbocycles. The highest BCUT2D eigenvalue weighted by molar-refractivity contribution is 7.17. The molecule has 21 heavy (non-hydrogen) atoms. The summed E-state index contributed by atoms with van der Waals surface area (Å²) in [5.74, 6) is -0.116. The smallest absolute Gasteiger partial charge is 0.256 e. The minimum absolute atomic E-state index is 0.0396. The molecule has 0 saturated heterocycles. The number of anilines is 1. The number of fused-ring (bicyclic) bond motifs is 1. The first-order valence-corrected chi connectivity index (χ1v) is 8.00. The Kier molecular flexibility index (Phi) is 3.88. The molecule has 2 aromatic rings. The summed E-state index contributed by atoms with van der Waals surface area (Å²) in [5, 5.41) is 3.64. The van der Waals surface area contributed by atoms with Crippen LogP contribution in [0.4, 0.5) is 5.00 Å². The maximum Gasteiger partial charge on any atom is 0.256 e. The van der Waals surface area contributed by atoms with Crippen LogP contribution in [-0.4, -0.2) is 11.7 Å². The van der Waals surface area contributed by atoms with Crippen LogP contribution in [0.25, 0.3) is 0 Å². The minimum atomic E-state index is -0.156. The van der Waals surface area contributed by atoms with Crippen molar-refractivity contribution in [2.24, 2.45) is 0 Å². The molecule has 1 amide bonds. The minimum Gasteiger partial charge on any atom is -0.313 e. The molecular formula is C17H17NO2S. The van der Waals surface area contributed by atoms with Gasteiger partial charge in [0.25, 0.3) is 5.91 Å². The first-order chi connectivity index (χ1) is 10.2. The Hall–Kier alpha value is -1.94. The molecule has 0 atom stereocenters. The van der Waals surface area contributed by atoms with Gasteiger partial charge in [-0.15, -0.1) is 11.3 Å². The van der Waals surface area contributed by atoms with Crippen LogP contribution in [-0.2, 0) is 12.8 Å². The van der Waals surface area contributed by atoms with Gasteiger partial charge in [0.05, 0.1) is 5.56 Å². The van der Waals surface area contributed by atoms with Gasteiger partial charge in [0, 0.05) is 10.4 Å². The van der Waals surface area contributed by atoms with Gasteiger partial charge in [0.15, 0.2) is 5.78 Å². The number of carbonyl (C=O) groups excluding carboxylic acids is 2. The van der Waals surface area contributed by atoms with Gasteiger partial charge in [-0.3, -0.25) is 9.59 Å². The van der Waals surface area contributed by atoms with Crippen molar-refractivity contribution >= 4 is 28.0 Å². The topological polar surface area (TPSA) is 46.2 Å². The number of hydrogen-bond donors (Lipinski definition) is 1. The van der Waals surface area contributed by atoms with Crippen LogP contribution >= 0.6 is 11.3 Å². The Morgan fingerprint density at radius 2 is 1.81 bits per heavy atom. The molecule has 0 bridgehead atoms. The summed E-state index contributed by atoms with van der Waals surface area (Å²) in [6, 6.07) is 9.09. The second kappa shape index (κ2) is 5.82. The third-order valence-electron chi connectivity index (χ3n) is 3.79. The zero-order valence-corrected chi connectivity index (χ0v) is 12.8. The van der Waals surface area contributed by atoms with Crippen LogP contribution in [0.2, 0.25) is 0 Å². The summed E-state index contributed by atoms with van der Waals surface area (Å²) >= 11 is 1.56.